The fourth-order valence-electron chi connectivity index (χ4n) is 1.96. The monoisotopic (exact) mass is 319 g/mol. The van der Waals surface area contributed by atoms with Gasteiger partial charge in [0.25, 0.3) is 5.91 Å². The molecule has 0 atom stereocenters. The number of amides is 1. The van der Waals surface area contributed by atoms with Crippen molar-refractivity contribution in [2.45, 2.75) is 13.5 Å². The van der Waals surface area contributed by atoms with E-state index in [0.717, 1.165) is 11.3 Å². The number of hydrogen-bond acceptors (Lipinski definition) is 3. The summed E-state index contributed by atoms with van der Waals surface area (Å²) < 4.78 is 10.4. The molecule has 1 N–H and O–H groups in total. The van der Waals surface area contributed by atoms with Gasteiger partial charge in [0.2, 0.25) is 0 Å². The van der Waals surface area contributed by atoms with E-state index in [9.17, 15) is 4.79 Å². The molecule has 5 heteroatoms. The normalized spacial score (nSPS) is 10.1. The Bertz CT molecular complexity index is 641. The van der Waals surface area contributed by atoms with Crippen LogP contribution in [0.15, 0.2) is 42.5 Å². The molecule has 0 bridgehead atoms. The second kappa shape index (κ2) is 7.71. The summed E-state index contributed by atoms with van der Waals surface area (Å²) in [6.45, 7) is 3.01. The molecule has 2 aromatic carbocycles. The van der Waals surface area contributed by atoms with Gasteiger partial charge in [-0.2, -0.15) is 0 Å². The van der Waals surface area contributed by atoms with Crippen LogP contribution in [0.1, 0.15) is 22.8 Å². The van der Waals surface area contributed by atoms with Gasteiger partial charge in [0.05, 0.1) is 18.7 Å². The maximum atomic E-state index is 12.1. The van der Waals surface area contributed by atoms with Crippen molar-refractivity contribution in [1.82, 2.24) is 5.32 Å². The Labute approximate surface area is 135 Å². The Morgan fingerprint density at radius 2 is 1.91 bits per heavy atom. The van der Waals surface area contributed by atoms with E-state index >= 15 is 0 Å². The van der Waals surface area contributed by atoms with Crippen LogP contribution in [0.4, 0.5) is 0 Å². The molecular weight excluding hydrogens is 302 g/mol. The van der Waals surface area contributed by atoms with Crippen molar-refractivity contribution in [3.63, 3.8) is 0 Å². The third kappa shape index (κ3) is 4.15. The van der Waals surface area contributed by atoms with E-state index in [-0.39, 0.29) is 5.91 Å². The molecule has 0 fully saturated rings. The topological polar surface area (TPSA) is 47.6 Å². The number of nitrogens with one attached hydrogen (secondary N) is 1. The highest BCUT2D eigenvalue weighted by molar-refractivity contribution is 6.32. The summed E-state index contributed by atoms with van der Waals surface area (Å²) in [6, 6.07) is 12.6. The van der Waals surface area contributed by atoms with Crippen LogP contribution in [0.3, 0.4) is 0 Å². The van der Waals surface area contributed by atoms with E-state index in [1.165, 1.54) is 7.11 Å². The van der Waals surface area contributed by atoms with E-state index in [1.54, 1.807) is 18.2 Å². The number of halogens is 1. The average Bonchev–Trinajstić information content (AvgIpc) is 2.54. The Morgan fingerprint density at radius 3 is 2.50 bits per heavy atom. The fourth-order valence-corrected chi connectivity index (χ4v) is 2.22. The third-order valence-electron chi connectivity index (χ3n) is 3.10. The zero-order valence-electron chi connectivity index (χ0n) is 12.6. The molecular formula is C17H18ClNO3. The number of methoxy groups -OCH3 is 1. The molecule has 0 aliphatic carbocycles. The summed E-state index contributed by atoms with van der Waals surface area (Å²) in [4.78, 5) is 12.1. The van der Waals surface area contributed by atoms with Crippen molar-refractivity contribution in [2.75, 3.05) is 13.7 Å². The standard InChI is InChI=1S/C17H18ClNO3/c1-3-22-14-7-4-12(5-8-14)11-19-17(20)13-6-9-16(21-2)15(18)10-13/h4-10H,3,11H2,1-2H3,(H,19,20). The highest BCUT2D eigenvalue weighted by atomic mass is 35.5. The second-order valence-electron chi connectivity index (χ2n) is 4.61. The molecule has 0 radical (unpaired) electrons. The smallest absolute Gasteiger partial charge is 0.251 e. The first-order valence-corrected chi connectivity index (χ1v) is 7.35. The zero-order chi connectivity index (χ0) is 15.9. The summed E-state index contributed by atoms with van der Waals surface area (Å²) in [6.07, 6.45) is 0. The van der Waals surface area contributed by atoms with Gasteiger partial charge in [-0.3, -0.25) is 4.79 Å². The van der Waals surface area contributed by atoms with Crippen molar-refractivity contribution in [2.24, 2.45) is 0 Å². The van der Waals surface area contributed by atoms with Crippen LogP contribution in [0, 0.1) is 0 Å². The zero-order valence-corrected chi connectivity index (χ0v) is 13.3. The summed E-state index contributed by atoms with van der Waals surface area (Å²) >= 11 is 6.02. The molecule has 22 heavy (non-hydrogen) atoms. The lowest BCUT2D eigenvalue weighted by Crippen LogP contribution is -2.22. The van der Waals surface area contributed by atoms with Crippen LogP contribution in [0.2, 0.25) is 5.02 Å². The molecule has 0 unspecified atom stereocenters. The minimum absolute atomic E-state index is 0.182. The molecule has 116 valence electrons. The van der Waals surface area contributed by atoms with Crippen LogP contribution in [-0.4, -0.2) is 19.6 Å². The number of benzene rings is 2. The quantitative estimate of drug-likeness (QED) is 0.883. The maximum Gasteiger partial charge on any atom is 0.251 e. The number of carbonyl (C=O) groups excluding carboxylic acids is 1. The lowest BCUT2D eigenvalue weighted by molar-refractivity contribution is 0.0951. The predicted molar refractivity (Wildman–Crippen MR) is 86.8 cm³/mol. The Balaban J connectivity index is 1.96. The number of hydrogen-bond donors (Lipinski definition) is 1. The van der Waals surface area contributed by atoms with E-state index in [4.69, 9.17) is 21.1 Å². The lowest BCUT2D eigenvalue weighted by Gasteiger charge is -2.08. The molecule has 0 aliphatic rings. The molecule has 1 amide bonds. The summed E-state index contributed by atoms with van der Waals surface area (Å²) in [5.74, 6) is 1.18. The molecule has 0 saturated carbocycles. The van der Waals surface area contributed by atoms with Crippen molar-refractivity contribution < 1.29 is 14.3 Å². The van der Waals surface area contributed by atoms with Crippen molar-refractivity contribution in [3.05, 3.63) is 58.6 Å². The molecule has 2 rings (SSSR count). The van der Waals surface area contributed by atoms with Crippen LogP contribution in [-0.2, 0) is 6.54 Å². The first-order valence-electron chi connectivity index (χ1n) is 6.97. The minimum Gasteiger partial charge on any atom is -0.495 e. The van der Waals surface area contributed by atoms with Gasteiger partial charge in [-0.05, 0) is 42.8 Å². The lowest BCUT2D eigenvalue weighted by atomic mass is 10.2. The third-order valence-corrected chi connectivity index (χ3v) is 3.40. The molecule has 0 aromatic heterocycles. The predicted octanol–water partition coefficient (Wildman–Crippen LogP) is 3.68. The van der Waals surface area contributed by atoms with Gasteiger partial charge in [-0.15, -0.1) is 0 Å². The van der Waals surface area contributed by atoms with Gasteiger partial charge >= 0.3 is 0 Å². The minimum atomic E-state index is -0.182. The van der Waals surface area contributed by atoms with Crippen LogP contribution in [0.5, 0.6) is 11.5 Å². The fraction of sp³-hybridized carbons (Fsp3) is 0.235. The van der Waals surface area contributed by atoms with Gasteiger partial charge in [0.1, 0.15) is 11.5 Å². The number of carbonyl (C=O) groups is 1. The van der Waals surface area contributed by atoms with E-state index < -0.39 is 0 Å². The molecule has 0 saturated heterocycles. The highest BCUT2D eigenvalue weighted by Gasteiger charge is 2.08. The van der Waals surface area contributed by atoms with Gasteiger partial charge in [-0.25, -0.2) is 0 Å². The van der Waals surface area contributed by atoms with E-state index in [0.29, 0.717) is 29.5 Å². The van der Waals surface area contributed by atoms with Crippen LogP contribution < -0.4 is 14.8 Å². The molecule has 2 aromatic rings. The molecule has 0 aliphatic heterocycles. The first kappa shape index (κ1) is 16.2. The molecule has 4 nitrogen and oxygen atoms in total. The van der Waals surface area contributed by atoms with Gasteiger partial charge < -0.3 is 14.8 Å². The van der Waals surface area contributed by atoms with Gasteiger partial charge in [0, 0.05) is 12.1 Å². The SMILES string of the molecule is CCOc1ccc(CNC(=O)c2ccc(OC)c(Cl)c2)cc1. The number of ether oxygens (including phenoxy) is 2. The largest absolute Gasteiger partial charge is 0.495 e. The average molecular weight is 320 g/mol. The first-order chi connectivity index (χ1) is 10.6. The van der Waals surface area contributed by atoms with Crippen molar-refractivity contribution in [3.8, 4) is 11.5 Å². The van der Waals surface area contributed by atoms with Gasteiger partial charge in [-0.1, -0.05) is 23.7 Å². The molecule has 0 heterocycles. The molecule has 0 spiro atoms. The summed E-state index contributed by atoms with van der Waals surface area (Å²) in [5.41, 5.74) is 1.49. The van der Waals surface area contributed by atoms with Crippen LogP contribution in [0.25, 0.3) is 0 Å². The van der Waals surface area contributed by atoms with Crippen molar-refractivity contribution >= 4 is 17.5 Å². The Kier molecular flexibility index (Phi) is 5.67. The van der Waals surface area contributed by atoms with Crippen molar-refractivity contribution in [1.29, 1.82) is 0 Å². The number of rotatable bonds is 6. The Hall–Kier alpha value is -2.20. The van der Waals surface area contributed by atoms with E-state index in [1.807, 2.05) is 31.2 Å². The Morgan fingerprint density at radius 1 is 1.18 bits per heavy atom. The van der Waals surface area contributed by atoms with Gasteiger partial charge in [0.15, 0.2) is 0 Å². The maximum absolute atomic E-state index is 12.1. The summed E-state index contributed by atoms with van der Waals surface area (Å²) in [7, 11) is 1.53. The second-order valence-corrected chi connectivity index (χ2v) is 5.02. The highest BCUT2D eigenvalue weighted by Crippen LogP contribution is 2.24. The van der Waals surface area contributed by atoms with E-state index in [2.05, 4.69) is 5.32 Å². The van der Waals surface area contributed by atoms with Crippen LogP contribution >= 0.6 is 11.6 Å². The summed E-state index contributed by atoms with van der Waals surface area (Å²) in [5, 5.41) is 3.27.